The molecule has 0 aromatic rings. The van der Waals surface area contributed by atoms with Crippen molar-refractivity contribution in [2.24, 2.45) is 17.3 Å². The van der Waals surface area contributed by atoms with Gasteiger partial charge in [-0.15, -0.1) is 0 Å². The number of hydrogen-bond donors (Lipinski definition) is 1. The fourth-order valence-electron chi connectivity index (χ4n) is 8.74. The Balaban J connectivity index is 1.34. The molecule has 5 heterocycles. The maximum Gasteiger partial charge on any atom is 0.334 e. The van der Waals surface area contributed by atoms with Crippen LogP contribution >= 0.6 is 0 Å². The molecule has 7 nitrogen and oxygen atoms in total. The van der Waals surface area contributed by atoms with Crippen LogP contribution in [0.3, 0.4) is 0 Å². The second-order valence-corrected chi connectivity index (χ2v) is 11.0. The summed E-state index contributed by atoms with van der Waals surface area (Å²) in [4.78, 5) is 12.2. The predicted octanol–water partition coefficient (Wildman–Crippen LogP) is 0.872. The van der Waals surface area contributed by atoms with E-state index in [1.54, 1.807) is 0 Å². The van der Waals surface area contributed by atoms with Gasteiger partial charge in [0.25, 0.3) is 0 Å². The monoisotopic (exact) mass is 402 g/mol. The Morgan fingerprint density at radius 2 is 1.90 bits per heavy atom. The summed E-state index contributed by atoms with van der Waals surface area (Å²) in [6.07, 6.45) is 1.76. The highest BCUT2D eigenvalue weighted by molar-refractivity contribution is 5.92. The van der Waals surface area contributed by atoms with Gasteiger partial charge in [-0.3, -0.25) is 0 Å². The van der Waals surface area contributed by atoms with E-state index in [2.05, 4.69) is 20.8 Å². The normalized spacial score (nSPS) is 64.9. The largest absolute Gasteiger partial charge is 0.458 e. The first kappa shape index (κ1) is 16.7. The minimum absolute atomic E-state index is 0.0677. The summed E-state index contributed by atoms with van der Waals surface area (Å²) in [7, 11) is 0. The third-order valence-corrected chi connectivity index (χ3v) is 10.1. The van der Waals surface area contributed by atoms with Crippen molar-refractivity contribution in [2.45, 2.75) is 86.9 Å². The van der Waals surface area contributed by atoms with Crippen molar-refractivity contribution in [1.29, 1.82) is 0 Å². The highest BCUT2D eigenvalue weighted by Gasteiger charge is 3.05. The van der Waals surface area contributed by atoms with E-state index in [0.29, 0.717) is 19.6 Å². The number of rotatable bonds is 2. The van der Waals surface area contributed by atoms with Crippen LogP contribution in [0.4, 0.5) is 0 Å². The van der Waals surface area contributed by atoms with Gasteiger partial charge in [0, 0.05) is 11.0 Å². The topological polar surface area (TPSA) is 96.7 Å². The van der Waals surface area contributed by atoms with E-state index in [0.717, 1.165) is 24.0 Å². The molecule has 4 saturated heterocycles. The molecule has 6 fully saturated rings. The molecule has 0 amide bonds. The third-order valence-electron chi connectivity index (χ3n) is 10.1. The van der Waals surface area contributed by atoms with Crippen LogP contribution in [0.2, 0.25) is 0 Å². The summed E-state index contributed by atoms with van der Waals surface area (Å²) in [6.45, 7) is 7.44. The molecule has 8 aliphatic rings. The first-order valence-electron chi connectivity index (χ1n) is 11.1. The first-order chi connectivity index (χ1) is 13.8. The molecule has 2 spiro atoms. The van der Waals surface area contributed by atoms with Gasteiger partial charge < -0.3 is 28.8 Å². The second kappa shape index (κ2) is 4.19. The first-order valence-corrected chi connectivity index (χ1v) is 11.1. The smallest absolute Gasteiger partial charge is 0.334 e. The summed E-state index contributed by atoms with van der Waals surface area (Å²) in [6, 6.07) is 0. The van der Waals surface area contributed by atoms with E-state index in [-0.39, 0.29) is 47.6 Å². The third kappa shape index (κ3) is 1.30. The van der Waals surface area contributed by atoms with E-state index < -0.39 is 22.4 Å². The van der Waals surface area contributed by atoms with E-state index in [1.807, 2.05) is 0 Å². The summed E-state index contributed by atoms with van der Waals surface area (Å²) in [5.41, 5.74) is -1.46. The van der Waals surface area contributed by atoms with Crippen molar-refractivity contribution in [3.8, 4) is 0 Å². The van der Waals surface area contributed by atoms with Crippen LogP contribution in [0.15, 0.2) is 11.1 Å². The lowest BCUT2D eigenvalue weighted by molar-refractivity contribution is -0.177. The quantitative estimate of drug-likeness (QED) is 0.541. The predicted molar refractivity (Wildman–Crippen MR) is 95.8 cm³/mol. The molecule has 10 atom stereocenters. The molecule has 3 aliphatic carbocycles. The summed E-state index contributed by atoms with van der Waals surface area (Å²) >= 11 is 0. The standard InChI is InChI=1S/C22H26O7/c1-9(2)19-15(28-19)16-22(29-16)18(3)5-4-10-11(7-26-17(10)23)12(18)6-13-21(22,27-13)20(19,24)14-8-25-14/h9,12-16,24H,4-8H2,1-3H3/t12-,13-,14-,15-,16-,18-,19-,20-,21+,22+/m0/s1. The fourth-order valence-corrected chi connectivity index (χ4v) is 8.74. The Kier molecular flexibility index (Phi) is 2.41. The van der Waals surface area contributed by atoms with Crippen molar-refractivity contribution >= 4 is 5.97 Å². The lowest BCUT2D eigenvalue weighted by atomic mass is 9.43. The summed E-state index contributed by atoms with van der Waals surface area (Å²) in [5, 5.41) is 12.4. The van der Waals surface area contributed by atoms with Crippen molar-refractivity contribution in [2.75, 3.05) is 13.2 Å². The zero-order valence-electron chi connectivity index (χ0n) is 16.9. The van der Waals surface area contributed by atoms with Crippen molar-refractivity contribution in [3.63, 3.8) is 0 Å². The van der Waals surface area contributed by atoms with Gasteiger partial charge in [-0.2, -0.15) is 0 Å². The number of carbonyl (C=O) groups is 1. The molecule has 156 valence electrons. The van der Waals surface area contributed by atoms with Gasteiger partial charge in [0.15, 0.2) is 11.2 Å². The SMILES string of the molecule is CC(C)[C@]12O[C@H]1[C@@H]1O[C@]13[C@]1(O[C@H]1C[C@H]1C4=C(CC[C@@]13C)C(=O)OC4)[C@]2(O)[C@@H]1CO1. The second-order valence-electron chi connectivity index (χ2n) is 11.0. The Morgan fingerprint density at radius 3 is 2.62 bits per heavy atom. The number of hydrogen-bond acceptors (Lipinski definition) is 7. The molecule has 0 bridgehead atoms. The number of cyclic esters (lactones) is 1. The van der Waals surface area contributed by atoms with Crippen molar-refractivity contribution in [1.82, 2.24) is 0 Å². The minimum atomic E-state index is -1.21. The highest BCUT2D eigenvalue weighted by Crippen LogP contribution is 2.86. The van der Waals surface area contributed by atoms with Crippen molar-refractivity contribution in [3.05, 3.63) is 11.1 Å². The molecular formula is C22H26O7. The van der Waals surface area contributed by atoms with Gasteiger partial charge in [0.1, 0.15) is 36.1 Å². The summed E-state index contributed by atoms with van der Waals surface area (Å²) < 4.78 is 30.7. The molecule has 7 heteroatoms. The zero-order chi connectivity index (χ0) is 19.8. The number of fused-ring (bicyclic) bond motifs is 4. The summed E-state index contributed by atoms with van der Waals surface area (Å²) in [5.74, 6) is 0.158. The van der Waals surface area contributed by atoms with E-state index in [4.69, 9.17) is 23.7 Å². The van der Waals surface area contributed by atoms with Gasteiger partial charge >= 0.3 is 5.97 Å². The molecule has 0 aromatic carbocycles. The minimum Gasteiger partial charge on any atom is -0.458 e. The molecule has 5 aliphatic heterocycles. The van der Waals surface area contributed by atoms with Crippen LogP contribution in [0.5, 0.6) is 0 Å². The maximum absolute atomic E-state index is 12.4. The average molecular weight is 402 g/mol. The van der Waals surface area contributed by atoms with Crippen LogP contribution < -0.4 is 0 Å². The molecule has 1 N–H and O–H groups in total. The van der Waals surface area contributed by atoms with Gasteiger partial charge in [-0.25, -0.2) is 4.79 Å². The molecule has 29 heavy (non-hydrogen) atoms. The van der Waals surface area contributed by atoms with Gasteiger partial charge in [0.2, 0.25) is 0 Å². The van der Waals surface area contributed by atoms with E-state index >= 15 is 0 Å². The van der Waals surface area contributed by atoms with E-state index in [1.165, 1.54) is 0 Å². The van der Waals surface area contributed by atoms with Gasteiger partial charge in [0.05, 0.1) is 12.7 Å². The molecular weight excluding hydrogens is 376 g/mol. The molecule has 0 radical (unpaired) electrons. The molecule has 2 saturated carbocycles. The Labute approximate surface area is 168 Å². The van der Waals surface area contributed by atoms with Crippen LogP contribution in [0.1, 0.15) is 40.0 Å². The van der Waals surface area contributed by atoms with Crippen LogP contribution in [0.25, 0.3) is 0 Å². The molecule has 0 unspecified atom stereocenters. The number of esters is 1. The fraction of sp³-hybridized carbons (Fsp3) is 0.864. The zero-order valence-corrected chi connectivity index (χ0v) is 16.9. The molecule has 8 rings (SSSR count). The number of ether oxygens (including phenoxy) is 5. The lowest BCUT2D eigenvalue weighted by Gasteiger charge is -2.56. The number of aliphatic hydroxyl groups is 1. The van der Waals surface area contributed by atoms with Gasteiger partial charge in [-0.05, 0) is 36.7 Å². The number of carbonyl (C=O) groups excluding carboxylic acids is 1. The average Bonchev–Trinajstić information content (AvgIpc) is 3.54. The molecule has 0 aromatic heterocycles. The Morgan fingerprint density at radius 1 is 1.10 bits per heavy atom. The highest BCUT2D eigenvalue weighted by atomic mass is 16.8. The number of epoxide rings is 4. The maximum atomic E-state index is 12.4. The van der Waals surface area contributed by atoms with Crippen LogP contribution in [-0.4, -0.2) is 71.1 Å². The Bertz CT molecular complexity index is 939. The van der Waals surface area contributed by atoms with Gasteiger partial charge in [-0.1, -0.05) is 20.8 Å². The van der Waals surface area contributed by atoms with Crippen LogP contribution in [0, 0.1) is 17.3 Å². The van der Waals surface area contributed by atoms with Crippen LogP contribution in [-0.2, 0) is 28.5 Å². The van der Waals surface area contributed by atoms with Crippen molar-refractivity contribution < 1.29 is 33.6 Å². The lowest BCUT2D eigenvalue weighted by Crippen LogP contribution is -2.77. The Hall–Kier alpha value is -0.990. The van der Waals surface area contributed by atoms with E-state index in [9.17, 15) is 9.90 Å².